The van der Waals surface area contributed by atoms with Crippen molar-refractivity contribution >= 4 is 46.4 Å². The molecule has 1 aromatic carbocycles. The SMILES string of the molecule is C#CCOc1c(I)cc(/C=C(\Sc2nnc(CC)o2)C(=O)O)cc1OC. The van der Waals surface area contributed by atoms with Gasteiger partial charge in [-0.05, 0) is 58.1 Å². The van der Waals surface area contributed by atoms with Crippen LogP contribution in [-0.4, -0.2) is 35.0 Å². The van der Waals surface area contributed by atoms with Crippen LogP contribution in [0.15, 0.2) is 26.7 Å². The van der Waals surface area contributed by atoms with Crippen LogP contribution in [0, 0.1) is 15.9 Å². The zero-order chi connectivity index (χ0) is 19.1. The molecule has 1 N–H and O–H groups in total. The van der Waals surface area contributed by atoms with Crippen molar-refractivity contribution in [2.75, 3.05) is 13.7 Å². The minimum absolute atomic E-state index is 0.0337. The number of aliphatic carboxylic acids is 1. The van der Waals surface area contributed by atoms with Crippen molar-refractivity contribution in [1.82, 2.24) is 10.2 Å². The topological polar surface area (TPSA) is 94.7 Å². The number of hydrogen-bond donors (Lipinski definition) is 1. The fourth-order valence-corrected chi connectivity index (χ4v) is 3.35. The Balaban J connectivity index is 2.35. The molecule has 0 amide bonds. The summed E-state index contributed by atoms with van der Waals surface area (Å²) in [5.41, 5.74) is 0.624. The first kappa shape index (κ1) is 20.1. The maximum absolute atomic E-state index is 11.6. The Hall–Kier alpha value is -2.19. The average molecular weight is 486 g/mol. The van der Waals surface area contributed by atoms with Gasteiger partial charge in [-0.15, -0.1) is 16.6 Å². The van der Waals surface area contributed by atoms with E-state index in [2.05, 4.69) is 38.7 Å². The molecule has 1 heterocycles. The normalized spacial score (nSPS) is 11.1. The number of nitrogens with zero attached hydrogens (tertiary/aromatic N) is 2. The summed E-state index contributed by atoms with van der Waals surface area (Å²) >= 11 is 2.96. The van der Waals surface area contributed by atoms with E-state index in [-0.39, 0.29) is 16.7 Å². The zero-order valence-corrected chi connectivity index (χ0v) is 17.0. The summed E-state index contributed by atoms with van der Waals surface area (Å²) in [6.07, 6.45) is 7.29. The van der Waals surface area contributed by atoms with Gasteiger partial charge in [0.1, 0.15) is 11.5 Å². The third-order valence-electron chi connectivity index (χ3n) is 3.01. The predicted octanol–water partition coefficient (Wildman–Crippen LogP) is 3.48. The first-order valence-corrected chi connectivity index (χ1v) is 9.27. The summed E-state index contributed by atoms with van der Waals surface area (Å²) in [4.78, 5) is 11.6. The van der Waals surface area contributed by atoms with Crippen molar-refractivity contribution in [1.29, 1.82) is 0 Å². The number of aromatic nitrogens is 2. The monoisotopic (exact) mass is 486 g/mol. The number of aryl methyl sites for hydroxylation is 1. The number of methoxy groups -OCH3 is 1. The molecular weight excluding hydrogens is 471 g/mol. The van der Waals surface area contributed by atoms with Crippen LogP contribution >= 0.6 is 34.4 Å². The maximum atomic E-state index is 11.6. The molecule has 0 bridgehead atoms. The number of benzene rings is 1. The number of carbonyl (C=O) groups is 1. The van der Waals surface area contributed by atoms with Crippen LogP contribution in [0.4, 0.5) is 0 Å². The van der Waals surface area contributed by atoms with Crippen LogP contribution in [0.3, 0.4) is 0 Å². The summed E-state index contributed by atoms with van der Waals surface area (Å²) in [6.45, 7) is 1.97. The third-order valence-corrected chi connectivity index (χ3v) is 4.66. The number of carboxylic acid groups (broad SMARTS) is 1. The number of ether oxygens (including phenoxy) is 2. The molecule has 9 heteroatoms. The third kappa shape index (κ3) is 5.15. The van der Waals surface area contributed by atoms with E-state index in [1.807, 2.05) is 6.92 Å². The van der Waals surface area contributed by atoms with E-state index >= 15 is 0 Å². The Morgan fingerprint density at radius 3 is 2.85 bits per heavy atom. The highest BCUT2D eigenvalue weighted by molar-refractivity contribution is 14.1. The standard InChI is InChI=1S/C17H15IN2O5S/c1-4-6-24-15-11(18)7-10(8-12(15)23-3)9-13(16(21)22)26-17-20-19-14(5-2)25-17/h1,7-9H,5-6H2,2-3H3,(H,21,22)/b13-9-. The number of rotatable bonds is 8. The van der Waals surface area contributed by atoms with Gasteiger partial charge in [-0.25, -0.2) is 4.79 Å². The van der Waals surface area contributed by atoms with Gasteiger partial charge in [-0.3, -0.25) is 0 Å². The van der Waals surface area contributed by atoms with Crippen LogP contribution in [0.1, 0.15) is 18.4 Å². The summed E-state index contributed by atoms with van der Waals surface area (Å²) < 4.78 is 16.9. The van der Waals surface area contributed by atoms with E-state index in [1.165, 1.54) is 13.2 Å². The molecule has 0 radical (unpaired) electrons. The second-order valence-corrected chi connectivity index (χ2v) is 6.91. The first-order valence-electron chi connectivity index (χ1n) is 7.37. The molecule has 0 aliphatic heterocycles. The second-order valence-electron chi connectivity index (χ2n) is 4.76. The lowest BCUT2D eigenvalue weighted by molar-refractivity contribution is -0.131. The van der Waals surface area contributed by atoms with Gasteiger partial charge >= 0.3 is 5.97 Å². The van der Waals surface area contributed by atoms with Gasteiger partial charge in [-0.2, -0.15) is 0 Å². The number of thioether (sulfide) groups is 1. The largest absolute Gasteiger partial charge is 0.493 e. The summed E-state index contributed by atoms with van der Waals surface area (Å²) in [7, 11) is 1.50. The quantitative estimate of drug-likeness (QED) is 0.263. The van der Waals surface area contributed by atoms with Crippen molar-refractivity contribution in [3.63, 3.8) is 0 Å². The van der Waals surface area contributed by atoms with Gasteiger partial charge in [0.05, 0.1) is 10.7 Å². The van der Waals surface area contributed by atoms with Gasteiger partial charge in [0.15, 0.2) is 11.5 Å². The number of halogens is 1. The lowest BCUT2D eigenvalue weighted by Crippen LogP contribution is -2.00. The van der Waals surface area contributed by atoms with E-state index in [0.29, 0.717) is 29.4 Å². The van der Waals surface area contributed by atoms with Crippen LogP contribution in [-0.2, 0) is 11.2 Å². The van der Waals surface area contributed by atoms with Gasteiger partial charge < -0.3 is 19.0 Å². The highest BCUT2D eigenvalue weighted by Crippen LogP contribution is 2.36. The van der Waals surface area contributed by atoms with Crippen LogP contribution in [0.5, 0.6) is 11.5 Å². The minimum atomic E-state index is -1.10. The lowest BCUT2D eigenvalue weighted by atomic mass is 10.2. The van der Waals surface area contributed by atoms with Gasteiger partial charge in [0.25, 0.3) is 5.22 Å². The van der Waals surface area contributed by atoms with E-state index in [1.54, 1.807) is 12.1 Å². The highest BCUT2D eigenvalue weighted by Gasteiger charge is 2.16. The number of hydrogen-bond acceptors (Lipinski definition) is 7. The van der Waals surface area contributed by atoms with Gasteiger partial charge in [0.2, 0.25) is 5.89 Å². The van der Waals surface area contributed by atoms with Crippen LogP contribution in [0.2, 0.25) is 0 Å². The Morgan fingerprint density at radius 1 is 1.50 bits per heavy atom. The van der Waals surface area contributed by atoms with Crippen LogP contribution in [0.25, 0.3) is 6.08 Å². The highest BCUT2D eigenvalue weighted by atomic mass is 127. The van der Waals surface area contributed by atoms with Gasteiger partial charge in [0, 0.05) is 6.42 Å². The molecule has 0 spiro atoms. The smallest absolute Gasteiger partial charge is 0.342 e. The predicted molar refractivity (Wildman–Crippen MR) is 105 cm³/mol. The van der Waals surface area contributed by atoms with Crippen molar-refractivity contribution in [2.24, 2.45) is 0 Å². The Labute approximate surface area is 168 Å². The minimum Gasteiger partial charge on any atom is -0.493 e. The van der Waals surface area contributed by atoms with E-state index in [0.717, 1.165) is 15.3 Å². The molecule has 0 aliphatic carbocycles. The molecule has 7 nitrogen and oxygen atoms in total. The molecule has 0 unspecified atom stereocenters. The Bertz CT molecular complexity index is 873. The molecule has 2 rings (SSSR count). The van der Waals surface area contributed by atoms with Crippen molar-refractivity contribution in [2.45, 2.75) is 18.6 Å². The Morgan fingerprint density at radius 2 is 2.27 bits per heavy atom. The molecular formula is C17H15IN2O5S. The molecule has 136 valence electrons. The molecule has 0 saturated heterocycles. The molecule has 0 saturated carbocycles. The number of terminal acetylenes is 1. The second kappa shape index (κ2) is 9.49. The fraction of sp³-hybridized carbons (Fsp3) is 0.235. The van der Waals surface area contributed by atoms with Crippen molar-refractivity contribution in [3.8, 4) is 23.8 Å². The first-order chi connectivity index (χ1) is 12.5. The number of carboxylic acids is 1. The van der Waals surface area contributed by atoms with Crippen molar-refractivity contribution in [3.05, 3.63) is 32.1 Å². The van der Waals surface area contributed by atoms with Gasteiger partial charge in [-0.1, -0.05) is 12.8 Å². The van der Waals surface area contributed by atoms with E-state index in [4.69, 9.17) is 20.3 Å². The molecule has 26 heavy (non-hydrogen) atoms. The summed E-state index contributed by atoms with van der Waals surface area (Å²) in [5.74, 6) is 2.71. The van der Waals surface area contributed by atoms with E-state index < -0.39 is 5.97 Å². The lowest BCUT2D eigenvalue weighted by Gasteiger charge is -2.12. The van der Waals surface area contributed by atoms with Crippen molar-refractivity contribution < 1.29 is 23.8 Å². The fourth-order valence-electron chi connectivity index (χ4n) is 1.88. The molecule has 1 aromatic heterocycles. The van der Waals surface area contributed by atoms with Crippen LogP contribution < -0.4 is 9.47 Å². The summed E-state index contributed by atoms with van der Waals surface area (Å²) in [6, 6.07) is 3.44. The molecule has 0 aliphatic rings. The molecule has 2 aromatic rings. The molecule has 0 atom stereocenters. The zero-order valence-electron chi connectivity index (χ0n) is 14.0. The average Bonchev–Trinajstić information content (AvgIpc) is 3.07. The molecule has 0 fully saturated rings. The Kier molecular flexibility index (Phi) is 7.35. The summed E-state index contributed by atoms with van der Waals surface area (Å²) in [5, 5.41) is 17.3. The van der Waals surface area contributed by atoms with E-state index in [9.17, 15) is 9.90 Å². The maximum Gasteiger partial charge on any atom is 0.342 e.